The molecule has 0 unspecified atom stereocenters. The number of carbonyl (C=O) groups is 2. The van der Waals surface area contributed by atoms with Gasteiger partial charge in [0.05, 0.1) is 38.3 Å². The Morgan fingerprint density at radius 1 is 1.23 bits per heavy atom. The average Bonchev–Trinajstić information content (AvgIpc) is 2.49. The highest BCUT2D eigenvalue weighted by atomic mass is 32.2. The summed E-state index contributed by atoms with van der Waals surface area (Å²) >= 11 is 0. The summed E-state index contributed by atoms with van der Waals surface area (Å²) in [5.41, 5.74) is 0.534. The predicted octanol–water partition coefficient (Wildman–Crippen LogP) is 0.595. The van der Waals surface area contributed by atoms with Crippen LogP contribution in [0.3, 0.4) is 0 Å². The van der Waals surface area contributed by atoms with E-state index in [9.17, 15) is 18.0 Å². The van der Waals surface area contributed by atoms with E-state index >= 15 is 0 Å². The normalized spacial score (nSPS) is 10.7. The fraction of sp³-hybridized carbons (Fsp3) is 0.385. The molecule has 1 amide bonds. The second-order valence-corrected chi connectivity index (χ2v) is 6.20. The summed E-state index contributed by atoms with van der Waals surface area (Å²) in [6, 6.07) is 6.02. The van der Waals surface area contributed by atoms with Gasteiger partial charge in [-0.25, -0.2) is 18.0 Å². The first-order valence-electron chi connectivity index (χ1n) is 6.27. The molecule has 0 heterocycles. The number of nitrogens with zero attached hydrogens (tertiary/aromatic N) is 1. The second kappa shape index (κ2) is 7.64. The van der Waals surface area contributed by atoms with E-state index in [1.807, 2.05) is 0 Å². The van der Waals surface area contributed by atoms with E-state index in [0.717, 1.165) is 10.6 Å². The van der Waals surface area contributed by atoms with Gasteiger partial charge < -0.3 is 14.8 Å². The van der Waals surface area contributed by atoms with Crippen molar-refractivity contribution in [3.05, 3.63) is 29.8 Å². The van der Waals surface area contributed by atoms with Crippen LogP contribution in [-0.4, -0.2) is 54.0 Å². The van der Waals surface area contributed by atoms with Crippen LogP contribution in [0.2, 0.25) is 0 Å². The van der Waals surface area contributed by atoms with Crippen LogP contribution in [0.5, 0.6) is 0 Å². The summed E-state index contributed by atoms with van der Waals surface area (Å²) in [5, 5.41) is 2.39. The Labute approximate surface area is 129 Å². The highest BCUT2D eigenvalue weighted by Crippen LogP contribution is 2.19. The van der Waals surface area contributed by atoms with Gasteiger partial charge in [0.15, 0.2) is 0 Å². The second-order valence-electron chi connectivity index (χ2n) is 4.30. The highest BCUT2D eigenvalue weighted by molar-refractivity contribution is 7.92. The summed E-state index contributed by atoms with van der Waals surface area (Å²) in [5.74, 6) is -0.567. The van der Waals surface area contributed by atoms with E-state index in [4.69, 9.17) is 0 Å². The minimum atomic E-state index is -3.58. The van der Waals surface area contributed by atoms with Crippen molar-refractivity contribution in [3.63, 3.8) is 0 Å². The van der Waals surface area contributed by atoms with Gasteiger partial charge in [0, 0.05) is 6.54 Å². The number of sulfonamides is 1. The molecule has 0 aromatic heterocycles. The number of carbonyl (C=O) groups excluding carboxylic acids is 2. The Kier molecular flexibility index (Phi) is 6.17. The monoisotopic (exact) mass is 330 g/mol. The standard InChI is InChI=1S/C13H18N2O6S/c1-20-12(16)10-5-4-6-11(9-10)15(22(3,18)19)8-7-14-13(17)21-2/h4-6,9H,7-8H2,1-3H3,(H,14,17). The van der Waals surface area contributed by atoms with E-state index in [1.165, 1.54) is 26.4 Å². The number of hydrogen-bond acceptors (Lipinski definition) is 6. The Bertz CT molecular complexity index is 644. The molecule has 0 radical (unpaired) electrons. The molecule has 1 N–H and O–H groups in total. The quantitative estimate of drug-likeness (QED) is 0.766. The molecule has 122 valence electrons. The van der Waals surface area contributed by atoms with E-state index in [0.29, 0.717) is 5.69 Å². The van der Waals surface area contributed by atoms with E-state index in [2.05, 4.69) is 14.8 Å². The third-order valence-electron chi connectivity index (χ3n) is 2.73. The van der Waals surface area contributed by atoms with E-state index < -0.39 is 22.1 Å². The van der Waals surface area contributed by atoms with Crippen LogP contribution in [0.4, 0.5) is 10.5 Å². The van der Waals surface area contributed by atoms with E-state index in [1.54, 1.807) is 12.1 Å². The molecular weight excluding hydrogens is 312 g/mol. The number of nitrogens with one attached hydrogen (secondary N) is 1. The largest absolute Gasteiger partial charge is 0.465 e. The van der Waals surface area contributed by atoms with Crippen molar-refractivity contribution in [2.45, 2.75) is 0 Å². The molecule has 0 saturated heterocycles. The smallest absolute Gasteiger partial charge is 0.406 e. The van der Waals surface area contributed by atoms with Crippen LogP contribution in [-0.2, 0) is 19.5 Å². The van der Waals surface area contributed by atoms with Gasteiger partial charge in [0.2, 0.25) is 10.0 Å². The van der Waals surface area contributed by atoms with E-state index in [-0.39, 0.29) is 18.7 Å². The fourth-order valence-electron chi connectivity index (χ4n) is 1.72. The molecule has 22 heavy (non-hydrogen) atoms. The van der Waals surface area contributed by atoms with Crippen molar-refractivity contribution in [1.82, 2.24) is 5.32 Å². The molecule has 0 fully saturated rings. The molecule has 1 aromatic rings. The van der Waals surface area contributed by atoms with Gasteiger partial charge in [-0.3, -0.25) is 4.31 Å². The van der Waals surface area contributed by atoms with Crippen LogP contribution in [0.15, 0.2) is 24.3 Å². The van der Waals surface area contributed by atoms with Gasteiger partial charge in [-0.15, -0.1) is 0 Å². The first-order chi connectivity index (χ1) is 10.3. The summed E-state index contributed by atoms with van der Waals surface area (Å²) in [6.07, 6.45) is 0.382. The zero-order valence-corrected chi connectivity index (χ0v) is 13.3. The van der Waals surface area contributed by atoms with Gasteiger partial charge in [0.25, 0.3) is 0 Å². The van der Waals surface area contributed by atoms with Crippen molar-refractivity contribution < 1.29 is 27.5 Å². The van der Waals surface area contributed by atoms with Crippen molar-refractivity contribution in [3.8, 4) is 0 Å². The molecule has 8 nitrogen and oxygen atoms in total. The number of rotatable bonds is 6. The van der Waals surface area contributed by atoms with Gasteiger partial charge in [-0.05, 0) is 18.2 Å². The third kappa shape index (κ3) is 4.92. The maximum absolute atomic E-state index is 11.9. The molecule has 0 aliphatic carbocycles. The van der Waals surface area contributed by atoms with Crippen molar-refractivity contribution in [2.75, 3.05) is 37.9 Å². The highest BCUT2D eigenvalue weighted by Gasteiger charge is 2.19. The van der Waals surface area contributed by atoms with Crippen LogP contribution in [0.25, 0.3) is 0 Å². The van der Waals surface area contributed by atoms with Crippen LogP contribution in [0.1, 0.15) is 10.4 Å². The maximum atomic E-state index is 11.9. The number of alkyl carbamates (subject to hydrolysis) is 1. The molecular formula is C13H18N2O6S. The number of benzene rings is 1. The summed E-state index contributed by atoms with van der Waals surface area (Å²) in [7, 11) is -1.13. The van der Waals surface area contributed by atoms with Crippen molar-refractivity contribution in [2.24, 2.45) is 0 Å². The maximum Gasteiger partial charge on any atom is 0.406 e. The lowest BCUT2D eigenvalue weighted by Crippen LogP contribution is -2.38. The number of methoxy groups -OCH3 is 2. The summed E-state index contributed by atoms with van der Waals surface area (Å²) < 4.78 is 33.9. The SMILES string of the molecule is COC(=O)NCCN(c1cccc(C(=O)OC)c1)S(C)(=O)=O. The zero-order chi connectivity index (χ0) is 16.8. The fourth-order valence-corrected chi connectivity index (χ4v) is 2.64. The van der Waals surface area contributed by atoms with Gasteiger partial charge in [-0.1, -0.05) is 6.07 Å². The Hall–Kier alpha value is -2.29. The topological polar surface area (TPSA) is 102 Å². The minimum absolute atomic E-state index is 0.00143. The lowest BCUT2D eigenvalue weighted by atomic mass is 10.2. The first-order valence-corrected chi connectivity index (χ1v) is 8.12. The van der Waals surface area contributed by atoms with Gasteiger partial charge >= 0.3 is 12.1 Å². The molecule has 0 spiro atoms. The third-order valence-corrected chi connectivity index (χ3v) is 3.92. The number of anilines is 1. The van der Waals surface area contributed by atoms with Crippen LogP contribution < -0.4 is 9.62 Å². The number of hydrogen-bond donors (Lipinski definition) is 1. The Morgan fingerprint density at radius 3 is 2.45 bits per heavy atom. The Morgan fingerprint density at radius 2 is 1.91 bits per heavy atom. The minimum Gasteiger partial charge on any atom is -0.465 e. The molecule has 1 aromatic carbocycles. The molecule has 1 rings (SSSR count). The molecule has 9 heteroatoms. The zero-order valence-electron chi connectivity index (χ0n) is 12.5. The van der Waals surface area contributed by atoms with Gasteiger partial charge in [-0.2, -0.15) is 0 Å². The summed E-state index contributed by atoms with van der Waals surface area (Å²) in [6.45, 7) is 0.0563. The predicted molar refractivity (Wildman–Crippen MR) is 80.4 cm³/mol. The van der Waals surface area contributed by atoms with Crippen LogP contribution in [0, 0.1) is 0 Å². The molecule has 0 saturated carbocycles. The van der Waals surface area contributed by atoms with Crippen molar-refractivity contribution in [1.29, 1.82) is 0 Å². The molecule has 0 bridgehead atoms. The Balaban J connectivity index is 2.98. The van der Waals surface area contributed by atoms with Gasteiger partial charge in [0.1, 0.15) is 0 Å². The first kappa shape index (κ1) is 17.8. The molecule has 0 aliphatic heterocycles. The molecule has 0 atom stereocenters. The molecule has 0 aliphatic rings. The number of ether oxygens (including phenoxy) is 2. The summed E-state index contributed by atoms with van der Waals surface area (Å²) in [4.78, 5) is 22.5. The number of esters is 1. The number of amides is 1. The average molecular weight is 330 g/mol. The van der Waals surface area contributed by atoms with Crippen molar-refractivity contribution >= 4 is 27.8 Å². The lowest BCUT2D eigenvalue weighted by Gasteiger charge is -2.22. The lowest BCUT2D eigenvalue weighted by molar-refractivity contribution is 0.0600. The van der Waals surface area contributed by atoms with Crippen LogP contribution >= 0.6 is 0 Å².